The van der Waals surface area contributed by atoms with Crippen molar-refractivity contribution in [2.24, 2.45) is 10.9 Å². The highest BCUT2D eigenvalue weighted by molar-refractivity contribution is 8.00. The number of hydrogen-bond donors (Lipinski definition) is 2. The van der Waals surface area contributed by atoms with Crippen molar-refractivity contribution in [1.82, 2.24) is 10.2 Å². The van der Waals surface area contributed by atoms with Crippen molar-refractivity contribution >= 4 is 28.9 Å². The molecular formula is C11H12N4OS2. The average Bonchev–Trinajstić information content (AvgIpc) is 2.81. The zero-order valence-corrected chi connectivity index (χ0v) is 11.3. The molecule has 1 aromatic heterocycles. The predicted molar refractivity (Wildman–Crippen MR) is 73.2 cm³/mol. The van der Waals surface area contributed by atoms with Gasteiger partial charge in [0.05, 0.1) is 0 Å². The van der Waals surface area contributed by atoms with Crippen LogP contribution in [0.25, 0.3) is 0 Å². The predicted octanol–water partition coefficient (Wildman–Crippen LogP) is 2.23. The second-order valence-electron chi connectivity index (χ2n) is 3.56. The van der Waals surface area contributed by atoms with E-state index < -0.39 is 0 Å². The zero-order chi connectivity index (χ0) is 13.0. The van der Waals surface area contributed by atoms with Crippen molar-refractivity contribution in [2.45, 2.75) is 17.0 Å². The van der Waals surface area contributed by atoms with Gasteiger partial charge < -0.3 is 10.9 Å². The average molecular weight is 280 g/mol. The SMILES string of the molecule is Cc1nnc(SCc2cccc(/C(N)=N/O)c2)s1. The van der Waals surface area contributed by atoms with E-state index in [-0.39, 0.29) is 5.84 Å². The van der Waals surface area contributed by atoms with Gasteiger partial charge in [-0.05, 0) is 18.6 Å². The summed E-state index contributed by atoms with van der Waals surface area (Å²) in [6.07, 6.45) is 0. The molecule has 0 aliphatic heterocycles. The van der Waals surface area contributed by atoms with Gasteiger partial charge in [0.15, 0.2) is 10.2 Å². The standard InChI is InChI=1S/C11H12N4OS2/c1-7-13-14-11(18-7)17-6-8-3-2-4-9(5-8)10(12)15-16/h2-5,16H,6H2,1H3,(H2,12,15). The lowest BCUT2D eigenvalue weighted by atomic mass is 10.1. The number of benzene rings is 1. The lowest BCUT2D eigenvalue weighted by molar-refractivity contribution is 0.318. The smallest absolute Gasteiger partial charge is 0.174 e. The maximum absolute atomic E-state index is 8.63. The van der Waals surface area contributed by atoms with Gasteiger partial charge in [-0.2, -0.15) is 0 Å². The molecule has 18 heavy (non-hydrogen) atoms. The number of nitrogens with two attached hydrogens (primary N) is 1. The van der Waals surface area contributed by atoms with Crippen LogP contribution < -0.4 is 5.73 Å². The molecule has 0 unspecified atom stereocenters. The summed E-state index contributed by atoms with van der Waals surface area (Å²) >= 11 is 3.20. The van der Waals surface area contributed by atoms with E-state index in [9.17, 15) is 0 Å². The van der Waals surface area contributed by atoms with Crippen molar-refractivity contribution in [3.63, 3.8) is 0 Å². The summed E-state index contributed by atoms with van der Waals surface area (Å²) in [7, 11) is 0. The van der Waals surface area contributed by atoms with Crippen molar-refractivity contribution in [2.75, 3.05) is 0 Å². The Kier molecular flexibility index (Phi) is 4.16. The molecule has 0 saturated heterocycles. The topological polar surface area (TPSA) is 84.4 Å². The van der Waals surface area contributed by atoms with E-state index in [0.717, 1.165) is 20.7 Å². The Hall–Kier alpha value is -1.60. The van der Waals surface area contributed by atoms with E-state index in [0.29, 0.717) is 5.56 Å². The summed E-state index contributed by atoms with van der Waals surface area (Å²) < 4.78 is 0.946. The quantitative estimate of drug-likeness (QED) is 0.295. The molecule has 3 N–H and O–H groups in total. The molecule has 0 aliphatic rings. The van der Waals surface area contributed by atoms with E-state index in [2.05, 4.69) is 15.4 Å². The van der Waals surface area contributed by atoms with Crippen molar-refractivity contribution in [3.8, 4) is 0 Å². The Bertz CT molecular complexity index is 568. The molecule has 5 nitrogen and oxygen atoms in total. The summed E-state index contributed by atoms with van der Waals surface area (Å²) in [5.74, 6) is 0.898. The molecule has 0 spiro atoms. The van der Waals surface area contributed by atoms with E-state index in [1.54, 1.807) is 29.2 Å². The minimum absolute atomic E-state index is 0.119. The number of oxime groups is 1. The van der Waals surface area contributed by atoms with Crippen LogP contribution in [0.3, 0.4) is 0 Å². The van der Waals surface area contributed by atoms with Gasteiger partial charge in [-0.25, -0.2) is 0 Å². The first-order chi connectivity index (χ1) is 8.69. The summed E-state index contributed by atoms with van der Waals surface area (Å²) in [5, 5.41) is 20.6. The number of thioether (sulfide) groups is 1. The van der Waals surface area contributed by atoms with Crippen molar-refractivity contribution in [1.29, 1.82) is 0 Å². The number of rotatable bonds is 4. The third-order valence-electron chi connectivity index (χ3n) is 2.20. The van der Waals surface area contributed by atoms with Crippen LogP contribution in [0.4, 0.5) is 0 Å². The largest absolute Gasteiger partial charge is 0.409 e. The van der Waals surface area contributed by atoms with Gasteiger partial charge in [-0.3, -0.25) is 0 Å². The molecule has 94 valence electrons. The maximum atomic E-state index is 8.63. The minimum atomic E-state index is 0.119. The molecule has 7 heteroatoms. The van der Waals surface area contributed by atoms with Gasteiger partial charge in [-0.1, -0.05) is 46.5 Å². The fraction of sp³-hybridized carbons (Fsp3) is 0.182. The molecule has 0 atom stereocenters. The van der Waals surface area contributed by atoms with E-state index in [1.807, 2.05) is 25.1 Å². The molecule has 0 bridgehead atoms. The van der Waals surface area contributed by atoms with Crippen LogP contribution in [0.1, 0.15) is 16.1 Å². The molecule has 0 radical (unpaired) electrons. The first-order valence-corrected chi connectivity index (χ1v) is 6.99. The molecule has 2 aromatic rings. The van der Waals surface area contributed by atoms with Crippen LogP contribution in [0.5, 0.6) is 0 Å². The van der Waals surface area contributed by atoms with Crippen LogP contribution in [-0.2, 0) is 5.75 Å². The van der Waals surface area contributed by atoms with Gasteiger partial charge in [0.2, 0.25) is 0 Å². The molecule has 1 aromatic carbocycles. The second kappa shape index (κ2) is 5.83. The fourth-order valence-electron chi connectivity index (χ4n) is 1.36. The molecule has 1 heterocycles. The number of hydrogen-bond acceptors (Lipinski definition) is 6. The molecular weight excluding hydrogens is 268 g/mol. The van der Waals surface area contributed by atoms with Gasteiger partial charge in [-0.15, -0.1) is 10.2 Å². The summed E-state index contributed by atoms with van der Waals surface area (Å²) in [6.45, 7) is 1.93. The van der Waals surface area contributed by atoms with Gasteiger partial charge in [0.25, 0.3) is 0 Å². The summed E-state index contributed by atoms with van der Waals surface area (Å²) in [4.78, 5) is 0. The first kappa shape index (κ1) is 12.8. The number of nitrogens with zero attached hydrogens (tertiary/aromatic N) is 3. The number of aryl methyl sites for hydroxylation is 1. The fourth-order valence-corrected chi connectivity index (χ4v) is 3.12. The van der Waals surface area contributed by atoms with Crippen LogP contribution >= 0.6 is 23.1 Å². The van der Waals surface area contributed by atoms with Crippen molar-refractivity contribution in [3.05, 3.63) is 40.4 Å². The maximum Gasteiger partial charge on any atom is 0.174 e. The Morgan fingerprint density at radius 1 is 1.50 bits per heavy atom. The monoisotopic (exact) mass is 280 g/mol. The first-order valence-electron chi connectivity index (χ1n) is 5.19. The van der Waals surface area contributed by atoms with Gasteiger partial charge in [0.1, 0.15) is 5.01 Å². The Morgan fingerprint density at radius 2 is 2.33 bits per heavy atom. The second-order valence-corrected chi connectivity index (χ2v) is 5.97. The third kappa shape index (κ3) is 3.21. The lowest BCUT2D eigenvalue weighted by Crippen LogP contribution is -2.13. The highest BCUT2D eigenvalue weighted by Crippen LogP contribution is 2.25. The number of amidine groups is 1. The van der Waals surface area contributed by atoms with Crippen LogP contribution in [0.15, 0.2) is 33.8 Å². The Labute approximate surface area is 113 Å². The van der Waals surface area contributed by atoms with Crippen LogP contribution in [-0.4, -0.2) is 21.2 Å². The molecule has 0 aliphatic carbocycles. The summed E-state index contributed by atoms with van der Waals surface area (Å²) in [5.41, 5.74) is 7.35. The lowest BCUT2D eigenvalue weighted by Gasteiger charge is -2.02. The highest BCUT2D eigenvalue weighted by Gasteiger charge is 2.04. The summed E-state index contributed by atoms with van der Waals surface area (Å²) in [6, 6.07) is 7.58. The van der Waals surface area contributed by atoms with Crippen LogP contribution in [0.2, 0.25) is 0 Å². The molecule has 0 amide bonds. The zero-order valence-electron chi connectivity index (χ0n) is 9.70. The van der Waals surface area contributed by atoms with E-state index in [1.165, 1.54) is 0 Å². The Morgan fingerprint density at radius 3 is 3.00 bits per heavy atom. The van der Waals surface area contributed by atoms with E-state index in [4.69, 9.17) is 10.9 Å². The third-order valence-corrected chi connectivity index (χ3v) is 4.24. The van der Waals surface area contributed by atoms with Gasteiger partial charge in [0, 0.05) is 11.3 Å². The van der Waals surface area contributed by atoms with Crippen molar-refractivity contribution < 1.29 is 5.21 Å². The van der Waals surface area contributed by atoms with Crippen LogP contribution in [0, 0.1) is 6.92 Å². The molecule has 0 saturated carbocycles. The minimum Gasteiger partial charge on any atom is -0.409 e. The normalized spacial score (nSPS) is 11.7. The van der Waals surface area contributed by atoms with E-state index >= 15 is 0 Å². The number of aromatic nitrogens is 2. The molecule has 0 fully saturated rings. The Balaban J connectivity index is 2.05. The highest BCUT2D eigenvalue weighted by atomic mass is 32.2. The van der Waals surface area contributed by atoms with Gasteiger partial charge >= 0.3 is 0 Å². The molecule has 2 rings (SSSR count).